The predicted molar refractivity (Wildman–Crippen MR) is 39.3 cm³/mol. The maximum atomic E-state index is 10.7. The Morgan fingerprint density at radius 2 is 1.78 bits per heavy atom. The van der Waals surface area contributed by atoms with Crippen LogP contribution < -0.4 is 0 Å². The minimum Gasteiger partial charge on any atom is -0.300 e. The summed E-state index contributed by atoms with van der Waals surface area (Å²) in [5.41, 5.74) is 0. The van der Waals surface area contributed by atoms with Gasteiger partial charge in [-0.1, -0.05) is 20.8 Å². The monoisotopic (exact) mass is 128 g/mol. The number of carbonyl (C=O) groups excluding carboxylic acids is 1. The highest BCUT2D eigenvalue weighted by Crippen LogP contribution is 2.10. The van der Waals surface area contributed by atoms with Gasteiger partial charge in [-0.15, -0.1) is 0 Å². The molecule has 0 spiro atoms. The van der Waals surface area contributed by atoms with Crippen LogP contribution in [0.5, 0.6) is 0 Å². The second-order valence-electron chi connectivity index (χ2n) is 3.14. The van der Waals surface area contributed by atoms with E-state index in [0.717, 1.165) is 6.42 Å². The van der Waals surface area contributed by atoms with Crippen molar-refractivity contribution in [3.8, 4) is 0 Å². The molecule has 54 valence electrons. The van der Waals surface area contributed by atoms with Crippen molar-refractivity contribution in [2.75, 3.05) is 0 Å². The predicted octanol–water partition coefficient (Wildman–Crippen LogP) is 2.26. The highest BCUT2D eigenvalue weighted by Gasteiger charge is 2.08. The SMILES string of the molecule is CC(=O)[C@H](C)CC(C)C. The summed E-state index contributed by atoms with van der Waals surface area (Å²) < 4.78 is 0. The van der Waals surface area contributed by atoms with E-state index in [9.17, 15) is 4.79 Å². The Morgan fingerprint density at radius 3 is 1.89 bits per heavy atom. The zero-order chi connectivity index (χ0) is 7.44. The van der Waals surface area contributed by atoms with Crippen LogP contribution in [-0.2, 0) is 4.79 Å². The van der Waals surface area contributed by atoms with E-state index in [-0.39, 0.29) is 5.92 Å². The minimum absolute atomic E-state index is 0.255. The first-order valence-corrected chi connectivity index (χ1v) is 3.54. The van der Waals surface area contributed by atoms with E-state index in [2.05, 4.69) is 13.8 Å². The maximum Gasteiger partial charge on any atom is 0.132 e. The van der Waals surface area contributed by atoms with Gasteiger partial charge in [0.15, 0.2) is 0 Å². The quantitative estimate of drug-likeness (QED) is 0.569. The van der Waals surface area contributed by atoms with E-state index in [1.165, 1.54) is 0 Å². The summed E-state index contributed by atoms with van der Waals surface area (Å²) >= 11 is 0. The topological polar surface area (TPSA) is 17.1 Å². The molecular formula is C8H16O. The Morgan fingerprint density at radius 1 is 1.33 bits per heavy atom. The van der Waals surface area contributed by atoms with Crippen LogP contribution in [0.2, 0.25) is 0 Å². The molecule has 1 nitrogen and oxygen atoms in total. The molecule has 0 aliphatic carbocycles. The van der Waals surface area contributed by atoms with Crippen LogP contribution in [0.15, 0.2) is 0 Å². The summed E-state index contributed by atoms with van der Waals surface area (Å²) in [7, 11) is 0. The maximum absolute atomic E-state index is 10.7. The number of carbonyl (C=O) groups is 1. The van der Waals surface area contributed by atoms with Crippen molar-refractivity contribution >= 4 is 5.78 Å². The average Bonchev–Trinajstić information content (AvgIpc) is 1.63. The van der Waals surface area contributed by atoms with Gasteiger partial charge in [-0.3, -0.25) is 4.79 Å². The number of ketones is 1. The lowest BCUT2D eigenvalue weighted by Gasteiger charge is -2.08. The van der Waals surface area contributed by atoms with Crippen LogP contribution in [0.3, 0.4) is 0 Å². The minimum atomic E-state index is 0.255. The number of rotatable bonds is 3. The molecule has 0 amide bonds. The lowest BCUT2D eigenvalue weighted by atomic mass is 9.96. The fourth-order valence-corrected chi connectivity index (χ4v) is 0.873. The van der Waals surface area contributed by atoms with Crippen molar-refractivity contribution < 1.29 is 4.79 Å². The third-order valence-corrected chi connectivity index (χ3v) is 1.52. The highest BCUT2D eigenvalue weighted by atomic mass is 16.1. The van der Waals surface area contributed by atoms with Crippen molar-refractivity contribution in [2.45, 2.75) is 34.1 Å². The standard InChI is InChI=1S/C8H16O/c1-6(2)5-7(3)8(4)9/h6-7H,5H2,1-4H3/t7-/m1/s1. The van der Waals surface area contributed by atoms with Gasteiger partial charge in [0.25, 0.3) is 0 Å². The first-order chi connectivity index (χ1) is 4.04. The van der Waals surface area contributed by atoms with Crippen molar-refractivity contribution in [1.29, 1.82) is 0 Å². The first kappa shape index (κ1) is 8.67. The Labute approximate surface area is 57.5 Å². The Hall–Kier alpha value is -0.330. The summed E-state index contributed by atoms with van der Waals surface area (Å²) in [6.45, 7) is 7.92. The molecule has 0 rings (SSSR count). The molecule has 0 saturated heterocycles. The molecule has 0 unspecified atom stereocenters. The molecule has 0 aromatic heterocycles. The van der Waals surface area contributed by atoms with Crippen molar-refractivity contribution in [1.82, 2.24) is 0 Å². The third kappa shape index (κ3) is 4.19. The Kier molecular flexibility index (Phi) is 3.52. The summed E-state index contributed by atoms with van der Waals surface area (Å²) in [6, 6.07) is 0. The molecule has 0 heterocycles. The first-order valence-electron chi connectivity index (χ1n) is 3.54. The van der Waals surface area contributed by atoms with Gasteiger partial charge in [0.1, 0.15) is 5.78 Å². The van der Waals surface area contributed by atoms with Crippen LogP contribution in [0.4, 0.5) is 0 Å². The van der Waals surface area contributed by atoms with Crippen molar-refractivity contribution in [3.63, 3.8) is 0 Å². The molecule has 9 heavy (non-hydrogen) atoms. The third-order valence-electron chi connectivity index (χ3n) is 1.52. The largest absolute Gasteiger partial charge is 0.300 e. The van der Waals surface area contributed by atoms with E-state index >= 15 is 0 Å². The molecule has 0 aromatic carbocycles. The van der Waals surface area contributed by atoms with E-state index in [0.29, 0.717) is 11.7 Å². The zero-order valence-corrected chi connectivity index (χ0v) is 6.77. The summed E-state index contributed by atoms with van der Waals surface area (Å²) in [5.74, 6) is 1.21. The van der Waals surface area contributed by atoms with Gasteiger partial charge in [0.2, 0.25) is 0 Å². The fraction of sp³-hybridized carbons (Fsp3) is 0.875. The van der Waals surface area contributed by atoms with Gasteiger partial charge in [0, 0.05) is 5.92 Å². The average molecular weight is 128 g/mol. The number of Topliss-reactive ketones (excluding diaryl/α,β-unsaturated/α-hetero) is 1. The molecule has 0 aliphatic heterocycles. The molecule has 0 radical (unpaired) electrons. The van der Waals surface area contributed by atoms with Gasteiger partial charge in [0.05, 0.1) is 0 Å². The van der Waals surface area contributed by atoms with Crippen LogP contribution in [0, 0.1) is 11.8 Å². The second-order valence-corrected chi connectivity index (χ2v) is 3.14. The smallest absolute Gasteiger partial charge is 0.132 e. The van der Waals surface area contributed by atoms with E-state index in [1.54, 1.807) is 6.92 Å². The molecule has 0 fully saturated rings. The number of hydrogen-bond donors (Lipinski definition) is 0. The van der Waals surface area contributed by atoms with Gasteiger partial charge in [-0.25, -0.2) is 0 Å². The molecule has 0 N–H and O–H groups in total. The highest BCUT2D eigenvalue weighted by molar-refractivity contribution is 5.77. The summed E-state index contributed by atoms with van der Waals surface area (Å²) in [5, 5.41) is 0. The fourth-order valence-electron chi connectivity index (χ4n) is 0.873. The molecule has 0 aliphatic rings. The lowest BCUT2D eigenvalue weighted by molar-refractivity contribution is -0.120. The van der Waals surface area contributed by atoms with Crippen LogP contribution >= 0.6 is 0 Å². The normalized spacial score (nSPS) is 13.9. The molecule has 0 saturated carbocycles. The number of hydrogen-bond acceptors (Lipinski definition) is 1. The zero-order valence-electron chi connectivity index (χ0n) is 6.77. The molecular weight excluding hydrogens is 112 g/mol. The van der Waals surface area contributed by atoms with Crippen LogP contribution in [0.1, 0.15) is 34.1 Å². The lowest BCUT2D eigenvalue weighted by Crippen LogP contribution is -2.08. The summed E-state index contributed by atoms with van der Waals surface area (Å²) in [6.07, 6.45) is 1.02. The van der Waals surface area contributed by atoms with Crippen molar-refractivity contribution in [3.05, 3.63) is 0 Å². The van der Waals surface area contributed by atoms with E-state index in [1.807, 2.05) is 6.92 Å². The van der Waals surface area contributed by atoms with Gasteiger partial charge < -0.3 is 0 Å². The van der Waals surface area contributed by atoms with E-state index in [4.69, 9.17) is 0 Å². The Balaban J connectivity index is 3.50. The van der Waals surface area contributed by atoms with Crippen molar-refractivity contribution in [2.24, 2.45) is 11.8 Å². The van der Waals surface area contributed by atoms with Gasteiger partial charge in [-0.05, 0) is 19.3 Å². The Bertz CT molecular complexity index is 94.7. The molecule has 1 heteroatoms. The van der Waals surface area contributed by atoms with Crippen LogP contribution in [-0.4, -0.2) is 5.78 Å². The molecule has 0 aromatic rings. The van der Waals surface area contributed by atoms with Gasteiger partial charge >= 0.3 is 0 Å². The molecule has 0 bridgehead atoms. The second kappa shape index (κ2) is 3.65. The molecule has 1 atom stereocenters. The van der Waals surface area contributed by atoms with Gasteiger partial charge in [-0.2, -0.15) is 0 Å². The summed E-state index contributed by atoms with van der Waals surface area (Å²) in [4.78, 5) is 10.7. The van der Waals surface area contributed by atoms with E-state index < -0.39 is 0 Å². The van der Waals surface area contributed by atoms with Crippen LogP contribution in [0.25, 0.3) is 0 Å².